The molecule has 4 rings (SSSR count). The lowest BCUT2D eigenvalue weighted by atomic mass is 10.1. The van der Waals surface area contributed by atoms with E-state index in [4.69, 9.17) is 11.6 Å². The number of aryl methyl sites for hydroxylation is 1. The first-order chi connectivity index (χ1) is 10.7. The third kappa shape index (κ3) is 2.32. The Morgan fingerprint density at radius 3 is 3.09 bits per heavy atom. The summed E-state index contributed by atoms with van der Waals surface area (Å²) in [6, 6.07) is 10.5. The molecule has 0 fully saturated rings. The maximum absolute atomic E-state index is 6.24. The first kappa shape index (κ1) is 13.6. The summed E-state index contributed by atoms with van der Waals surface area (Å²) >= 11 is 6.24. The molecule has 3 heterocycles. The van der Waals surface area contributed by atoms with Crippen molar-refractivity contribution in [3.05, 3.63) is 63.4 Å². The molecule has 1 aliphatic heterocycles. The molecule has 2 N–H and O–H groups in total. The van der Waals surface area contributed by atoms with Crippen molar-refractivity contribution >= 4 is 34.8 Å². The lowest BCUT2D eigenvalue weighted by Crippen LogP contribution is -3.06. The highest BCUT2D eigenvalue weighted by atomic mass is 35.5. The number of rotatable bonds is 2. The van der Waals surface area contributed by atoms with Crippen LogP contribution in [0.5, 0.6) is 0 Å². The SMILES string of the molecule is Cc1cc2c(c(Cl)n1)=CC[NH+](Cc1c[nH]c3ccccc13)C=2. The molecule has 4 heteroatoms. The molecule has 2 aromatic heterocycles. The van der Waals surface area contributed by atoms with Crippen LogP contribution >= 0.6 is 11.6 Å². The van der Waals surface area contributed by atoms with E-state index >= 15 is 0 Å². The number of halogens is 1. The highest BCUT2D eigenvalue weighted by molar-refractivity contribution is 6.29. The highest BCUT2D eigenvalue weighted by Gasteiger charge is 2.13. The fourth-order valence-electron chi connectivity index (χ4n) is 3.15. The van der Waals surface area contributed by atoms with Gasteiger partial charge in [-0.2, -0.15) is 0 Å². The van der Waals surface area contributed by atoms with E-state index in [-0.39, 0.29) is 0 Å². The van der Waals surface area contributed by atoms with Crippen LogP contribution < -0.4 is 15.3 Å². The van der Waals surface area contributed by atoms with Crippen LogP contribution in [0, 0.1) is 6.92 Å². The molecule has 0 radical (unpaired) electrons. The third-order valence-electron chi connectivity index (χ3n) is 4.19. The van der Waals surface area contributed by atoms with Crippen LogP contribution in [0.4, 0.5) is 0 Å². The van der Waals surface area contributed by atoms with E-state index in [1.165, 1.54) is 26.6 Å². The topological polar surface area (TPSA) is 33.1 Å². The maximum atomic E-state index is 6.24. The second-order valence-electron chi connectivity index (χ2n) is 5.80. The van der Waals surface area contributed by atoms with Crippen LogP contribution in [0.15, 0.2) is 36.5 Å². The molecule has 0 saturated heterocycles. The Kier molecular flexibility index (Phi) is 3.25. The molecule has 0 amide bonds. The van der Waals surface area contributed by atoms with Gasteiger partial charge in [-0.15, -0.1) is 0 Å². The van der Waals surface area contributed by atoms with Gasteiger partial charge >= 0.3 is 0 Å². The van der Waals surface area contributed by atoms with Crippen molar-refractivity contribution < 1.29 is 4.90 Å². The van der Waals surface area contributed by atoms with Gasteiger partial charge in [0.1, 0.15) is 24.4 Å². The van der Waals surface area contributed by atoms with E-state index in [0.29, 0.717) is 5.15 Å². The highest BCUT2D eigenvalue weighted by Crippen LogP contribution is 2.16. The molecule has 1 unspecified atom stereocenters. The van der Waals surface area contributed by atoms with Crippen LogP contribution in [0.2, 0.25) is 5.15 Å². The van der Waals surface area contributed by atoms with Crippen molar-refractivity contribution in [3.63, 3.8) is 0 Å². The van der Waals surface area contributed by atoms with E-state index < -0.39 is 0 Å². The van der Waals surface area contributed by atoms with Gasteiger partial charge in [0.05, 0.1) is 0 Å². The van der Waals surface area contributed by atoms with Gasteiger partial charge in [0.15, 0.2) is 0 Å². The Morgan fingerprint density at radius 1 is 1.32 bits per heavy atom. The Hall–Kier alpha value is -2.10. The summed E-state index contributed by atoms with van der Waals surface area (Å²) in [5.74, 6) is 0. The van der Waals surface area contributed by atoms with E-state index in [0.717, 1.165) is 24.0 Å². The number of aromatic amines is 1. The molecule has 1 aliphatic rings. The minimum absolute atomic E-state index is 0.609. The van der Waals surface area contributed by atoms with Crippen LogP contribution in [0.1, 0.15) is 11.3 Å². The van der Waals surface area contributed by atoms with Crippen LogP contribution in [0.25, 0.3) is 23.2 Å². The number of para-hydroxylation sites is 1. The fraction of sp³-hybridized carbons (Fsp3) is 0.167. The average Bonchev–Trinajstić information content (AvgIpc) is 2.90. The van der Waals surface area contributed by atoms with Crippen molar-refractivity contribution in [2.75, 3.05) is 6.54 Å². The van der Waals surface area contributed by atoms with E-state index in [1.807, 2.05) is 6.92 Å². The van der Waals surface area contributed by atoms with Gasteiger partial charge in [-0.1, -0.05) is 29.8 Å². The van der Waals surface area contributed by atoms with E-state index in [1.54, 1.807) is 0 Å². The number of nitrogens with zero attached hydrogens (tertiary/aromatic N) is 1. The molecule has 22 heavy (non-hydrogen) atoms. The van der Waals surface area contributed by atoms with Gasteiger partial charge in [0.2, 0.25) is 0 Å². The van der Waals surface area contributed by atoms with Crippen molar-refractivity contribution in [1.82, 2.24) is 9.97 Å². The zero-order chi connectivity index (χ0) is 15.1. The van der Waals surface area contributed by atoms with Gasteiger partial charge in [-0.25, -0.2) is 4.98 Å². The number of hydrogen-bond acceptors (Lipinski definition) is 1. The third-order valence-corrected chi connectivity index (χ3v) is 4.48. The normalized spacial score (nSPS) is 16.9. The van der Waals surface area contributed by atoms with Gasteiger partial charge in [0, 0.05) is 38.8 Å². The largest absolute Gasteiger partial charge is 0.361 e. The quantitative estimate of drug-likeness (QED) is 0.684. The molecule has 0 bridgehead atoms. The minimum atomic E-state index is 0.609. The van der Waals surface area contributed by atoms with Gasteiger partial charge < -0.3 is 9.88 Å². The number of hydrogen-bond donors (Lipinski definition) is 2. The number of quaternary nitrogens is 1. The first-order valence-electron chi connectivity index (χ1n) is 7.45. The molecule has 0 spiro atoms. The summed E-state index contributed by atoms with van der Waals surface area (Å²) in [6.07, 6.45) is 6.57. The predicted molar refractivity (Wildman–Crippen MR) is 90.0 cm³/mol. The van der Waals surface area contributed by atoms with Crippen LogP contribution in [0.3, 0.4) is 0 Å². The standard InChI is InChI=1S/C18H16ClN3/c1-12-8-13-10-22(7-6-16(13)18(19)21-12)11-14-9-20-17-5-3-2-4-15(14)17/h2-6,8-10,20H,7,11H2,1H3/p+1. The number of pyridine rings is 1. The van der Waals surface area contributed by atoms with E-state index in [2.05, 4.69) is 58.8 Å². The fourth-order valence-corrected chi connectivity index (χ4v) is 3.47. The number of aromatic nitrogens is 2. The van der Waals surface area contributed by atoms with Crippen LogP contribution in [-0.4, -0.2) is 16.5 Å². The zero-order valence-electron chi connectivity index (χ0n) is 12.4. The molecule has 1 aromatic carbocycles. The molecule has 0 saturated carbocycles. The summed E-state index contributed by atoms with van der Waals surface area (Å²) in [5, 5.41) is 4.16. The summed E-state index contributed by atoms with van der Waals surface area (Å²) in [4.78, 5) is 9.08. The lowest BCUT2D eigenvalue weighted by Gasteiger charge is -2.15. The Morgan fingerprint density at radius 2 is 2.18 bits per heavy atom. The summed E-state index contributed by atoms with van der Waals surface area (Å²) < 4.78 is 0. The Labute approximate surface area is 133 Å². The molecule has 1 atom stereocenters. The van der Waals surface area contributed by atoms with Crippen molar-refractivity contribution in [3.8, 4) is 0 Å². The smallest absolute Gasteiger partial charge is 0.137 e. The number of benzene rings is 1. The number of fused-ring (bicyclic) bond motifs is 2. The van der Waals surface area contributed by atoms with Gasteiger partial charge in [0.25, 0.3) is 0 Å². The summed E-state index contributed by atoms with van der Waals surface area (Å²) in [6.45, 7) is 3.86. The first-order valence-corrected chi connectivity index (χ1v) is 7.83. The second-order valence-corrected chi connectivity index (χ2v) is 6.16. The van der Waals surface area contributed by atoms with Crippen LogP contribution in [-0.2, 0) is 6.54 Å². The maximum Gasteiger partial charge on any atom is 0.137 e. The average molecular weight is 311 g/mol. The Bertz CT molecular complexity index is 972. The summed E-state index contributed by atoms with van der Waals surface area (Å²) in [5.41, 5.74) is 3.50. The Balaban J connectivity index is 1.72. The van der Waals surface area contributed by atoms with Gasteiger partial charge in [-0.3, -0.25) is 0 Å². The summed E-state index contributed by atoms with van der Waals surface area (Å²) in [7, 11) is 0. The number of H-pyrrole nitrogens is 1. The molecule has 3 aromatic rings. The van der Waals surface area contributed by atoms with Crippen molar-refractivity contribution in [2.45, 2.75) is 13.5 Å². The molecule has 0 aliphatic carbocycles. The molecular formula is C18H17ClN3+. The number of nitrogens with one attached hydrogen (secondary N) is 2. The monoisotopic (exact) mass is 310 g/mol. The molecular weight excluding hydrogens is 294 g/mol. The van der Waals surface area contributed by atoms with Gasteiger partial charge in [-0.05, 0) is 25.1 Å². The van der Waals surface area contributed by atoms with Crippen molar-refractivity contribution in [1.29, 1.82) is 0 Å². The zero-order valence-corrected chi connectivity index (χ0v) is 13.1. The molecule has 3 nitrogen and oxygen atoms in total. The van der Waals surface area contributed by atoms with E-state index in [9.17, 15) is 0 Å². The van der Waals surface area contributed by atoms with Crippen molar-refractivity contribution in [2.24, 2.45) is 0 Å². The minimum Gasteiger partial charge on any atom is -0.361 e. The predicted octanol–water partition coefficient (Wildman–Crippen LogP) is 1.14. The lowest BCUT2D eigenvalue weighted by molar-refractivity contribution is -0.823. The second kappa shape index (κ2) is 5.27. The molecule has 110 valence electrons.